The molecule has 0 radical (unpaired) electrons. The van der Waals surface area contributed by atoms with Crippen LogP contribution in [0, 0.1) is 0 Å². The van der Waals surface area contributed by atoms with Crippen molar-refractivity contribution in [3.8, 4) is 11.5 Å². The summed E-state index contributed by atoms with van der Waals surface area (Å²) in [6, 6.07) is 13.2. The first-order chi connectivity index (χ1) is 16.1. The van der Waals surface area contributed by atoms with Gasteiger partial charge in [0.2, 0.25) is 0 Å². The molecule has 0 bridgehead atoms. The number of hydrogen-bond acceptors (Lipinski definition) is 5. The van der Waals surface area contributed by atoms with E-state index >= 15 is 0 Å². The van der Waals surface area contributed by atoms with Gasteiger partial charge in [-0.25, -0.2) is 4.99 Å². The third-order valence-electron chi connectivity index (χ3n) is 5.01. The number of amides is 1. The number of thioether (sulfide) groups is 1. The molecular weight excluding hydrogens is 456 g/mol. The molecule has 1 aliphatic rings. The normalized spacial score (nSPS) is 15.8. The molecular formula is C26H31ClN2O3S. The molecule has 1 heterocycles. The largest absolute Gasteiger partial charge is 0.490 e. The van der Waals surface area contributed by atoms with Crippen LogP contribution < -0.4 is 14.8 Å². The van der Waals surface area contributed by atoms with Crippen LogP contribution in [-0.2, 0) is 4.79 Å². The quantitative estimate of drug-likeness (QED) is 0.251. The smallest absolute Gasteiger partial charge is 0.264 e. The summed E-state index contributed by atoms with van der Waals surface area (Å²) in [5.74, 6) is 0.959. The van der Waals surface area contributed by atoms with Crippen LogP contribution in [-0.4, -0.2) is 24.3 Å². The minimum absolute atomic E-state index is 0.188. The van der Waals surface area contributed by atoms with Crippen LogP contribution in [0.5, 0.6) is 11.5 Å². The number of rotatable bonds is 12. The minimum Gasteiger partial charge on any atom is -0.490 e. The highest BCUT2D eigenvalue weighted by atomic mass is 35.5. The van der Waals surface area contributed by atoms with Gasteiger partial charge in [-0.3, -0.25) is 4.79 Å². The highest BCUT2D eigenvalue weighted by molar-refractivity contribution is 8.18. The molecule has 0 unspecified atom stereocenters. The number of unbranched alkanes of at least 4 members (excludes halogenated alkanes) is 5. The molecule has 0 aromatic heterocycles. The first-order valence-electron chi connectivity index (χ1n) is 11.5. The molecule has 0 saturated carbocycles. The zero-order valence-corrected chi connectivity index (χ0v) is 20.8. The number of para-hydroxylation sites is 1. The fourth-order valence-corrected chi connectivity index (χ4v) is 4.50. The van der Waals surface area contributed by atoms with Gasteiger partial charge in [0.1, 0.15) is 0 Å². The van der Waals surface area contributed by atoms with Gasteiger partial charge in [-0.2, -0.15) is 0 Å². The molecule has 1 saturated heterocycles. The van der Waals surface area contributed by atoms with Gasteiger partial charge in [0.15, 0.2) is 16.7 Å². The molecule has 33 heavy (non-hydrogen) atoms. The number of nitrogens with zero attached hydrogens (tertiary/aromatic N) is 1. The van der Waals surface area contributed by atoms with Crippen molar-refractivity contribution in [3.05, 3.63) is 58.0 Å². The lowest BCUT2D eigenvalue weighted by molar-refractivity contribution is -0.115. The standard InChI is InChI=1S/C26H31ClN2O3S/c1-3-5-6-7-8-12-15-32-24-21(27)16-19(17-22(24)31-4-2)18-23-25(30)29-26(33-23)28-20-13-10-9-11-14-20/h9-11,13-14,16-18H,3-8,12,15H2,1-2H3,(H,28,29,30). The number of amidine groups is 1. The van der Waals surface area contributed by atoms with Gasteiger partial charge in [-0.05, 0) is 61.0 Å². The van der Waals surface area contributed by atoms with Crippen molar-refractivity contribution in [3.63, 3.8) is 0 Å². The number of aliphatic imine (C=N–C) groups is 1. The molecule has 0 spiro atoms. The summed E-state index contributed by atoms with van der Waals surface area (Å²) in [6.45, 7) is 5.23. The van der Waals surface area contributed by atoms with Crippen molar-refractivity contribution in [2.24, 2.45) is 4.99 Å². The number of hydrogen-bond donors (Lipinski definition) is 1. The van der Waals surface area contributed by atoms with E-state index in [0.717, 1.165) is 24.1 Å². The lowest BCUT2D eigenvalue weighted by Gasteiger charge is -2.14. The molecule has 1 fully saturated rings. The van der Waals surface area contributed by atoms with Crippen molar-refractivity contribution in [2.45, 2.75) is 52.4 Å². The topological polar surface area (TPSA) is 59.9 Å². The minimum atomic E-state index is -0.188. The molecule has 1 aliphatic heterocycles. The summed E-state index contributed by atoms with van der Waals surface area (Å²) in [5.41, 5.74) is 1.56. The molecule has 3 rings (SSSR count). The van der Waals surface area contributed by atoms with Crippen LogP contribution in [0.15, 0.2) is 52.4 Å². The van der Waals surface area contributed by atoms with Gasteiger partial charge >= 0.3 is 0 Å². The van der Waals surface area contributed by atoms with Gasteiger partial charge in [0, 0.05) is 0 Å². The third-order valence-corrected chi connectivity index (χ3v) is 6.20. The summed E-state index contributed by atoms with van der Waals surface area (Å²) in [5, 5.41) is 3.83. The van der Waals surface area contributed by atoms with Gasteiger partial charge in [0.25, 0.3) is 5.91 Å². The first kappa shape index (κ1) is 25.2. The van der Waals surface area contributed by atoms with Crippen LogP contribution in [0.2, 0.25) is 5.02 Å². The fraction of sp³-hybridized carbons (Fsp3) is 0.385. The Hall–Kier alpha value is -2.44. The maximum Gasteiger partial charge on any atom is 0.264 e. The number of carbonyl (C=O) groups excluding carboxylic acids is 1. The van der Waals surface area contributed by atoms with Crippen molar-refractivity contribution in [2.75, 3.05) is 13.2 Å². The van der Waals surface area contributed by atoms with Crippen LogP contribution in [0.1, 0.15) is 57.9 Å². The molecule has 176 valence electrons. The van der Waals surface area contributed by atoms with E-state index in [1.165, 1.54) is 37.4 Å². The molecule has 2 aromatic rings. The van der Waals surface area contributed by atoms with Gasteiger partial charge in [0.05, 0.1) is 28.8 Å². The van der Waals surface area contributed by atoms with E-state index in [1.807, 2.05) is 43.3 Å². The van der Waals surface area contributed by atoms with Gasteiger partial charge < -0.3 is 14.8 Å². The van der Waals surface area contributed by atoms with Crippen molar-refractivity contribution in [1.29, 1.82) is 0 Å². The third kappa shape index (κ3) is 7.83. The highest BCUT2D eigenvalue weighted by Crippen LogP contribution is 2.38. The molecule has 1 N–H and O–H groups in total. The second-order valence-electron chi connectivity index (χ2n) is 7.70. The fourth-order valence-electron chi connectivity index (χ4n) is 3.38. The van der Waals surface area contributed by atoms with E-state index in [1.54, 1.807) is 12.1 Å². The highest BCUT2D eigenvalue weighted by Gasteiger charge is 2.24. The number of benzene rings is 2. The summed E-state index contributed by atoms with van der Waals surface area (Å²) < 4.78 is 11.8. The maximum atomic E-state index is 12.4. The van der Waals surface area contributed by atoms with Gasteiger partial charge in [-0.15, -0.1) is 0 Å². The Morgan fingerprint density at radius 2 is 1.79 bits per heavy atom. The number of ether oxygens (including phenoxy) is 2. The predicted molar refractivity (Wildman–Crippen MR) is 139 cm³/mol. The Morgan fingerprint density at radius 1 is 1.03 bits per heavy atom. The summed E-state index contributed by atoms with van der Waals surface area (Å²) in [7, 11) is 0. The summed E-state index contributed by atoms with van der Waals surface area (Å²) in [6.07, 6.45) is 8.95. The molecule has 0 aliphatic carbocycles. The van der Waals surface area contributed by atoms with Crippen LogP contribution >= 0.6 is 23.4 Å². The van der Waals surface area contributed by atoms with E-state index in [0.29, 0.717) is 39.8 Å². The Balaban J connectivity index is 1.68. The zero-order chi connectivity index (χ0) is 23.5. The van der Waals surface area contributed by atoms with Crippen LogP contribution in [0.4, 0.5) is 5.69 Å². The lowest BCUT2D eigenvalue weighted by atomic mass is 10.1. The van der Waals surface area contributed by atoms with E-state index in [9.17, 15) is 4.79 Å². The van der Waals surface area contributed by atoms with E-state index in [-0.39, 0.29) is 5.91 Å². The monoisotopic (exact) mass is 486 g/mol. The van der Waals surface area contributed by atoms with Crippen LogP contribution in [0.3, 0.4) is 0 Å². The van der Waals surface area contributed by atoms with E-state index in [2.05, 4.69) is 17.2 Å². The van der Waals surface area contributed by atoms with Crippen LogP contribution in [0.25, 0.3) is 6.08 Å². The molecule has 7 heteroatoms. The SMILES string of the molecule is CCCCCCCCOc1c(Cl)cc(C=C2SC(=Nc3ccccc3)NC2=O)cc1OCC. The Labute approximate surface area is 205 Å². The van der Waals surface area contributed by atoms with Crippen molar-refractivity contribution >= 4 is 46.2 Å². The lowest BCUT2D eigenvalue weighted by Crippen LogP contribution is -2.19. The molecule has 5 nitrogen and oxygen atoms in total. The average Bonchev–Trinajstić information content (AvgIpc) is 3.13. The van der Waals surface area contributed by atoms with Crippen molar-refractivity contribution in [1.82, 2.24) is 5.32 Å². The summed E-state index contributed by atoms with van der Waals surface area (Å²) >= 11 is 7.84. The van der Waals surface area contributed by atoms with E-state index < -0.39 is 0 Å². The second kappa shape index (κ2) is 13.3. The first-order valence-corrected chi connectivity index (χ1v) is 12.7. The zero-order valence-electron chi connectivity index (χ0n) is 19.2. The maximum absolute atomic E-state index is 12.4. The number of halogens is 1. The van der Waals surface area contributed by atoms with Gasteiger partial charge in [-0.1, -0.05) is 68.8 Å². The second-order valence-corrected chi connectivity index (χ2v) is 9.13. The Bertz CT molecular complexity index is 993. The molecule has 0 atom stereocenters. The Morgan fingerprint density at radius 3 is 2.55 bits per heavy atom. The van der Waals surface area contributed by atoms with E-state index in [4.69, 9.17) is 21.1 Å². The predicted octanol–water partition coefficient (Wildman–Crippen LogP) is 7.37. The van der Waals surface area contributed by atoms with Crippen molar-refractivity contribution < 1.29 is 14.3 Å². The average molecular weight is 487 g/mol. The number of nitrogens with one attached hydrogen (secondary N) is 1. The summed E-state index contributed by atoms with van der Waals surface area (Å²) in [4.78, 5) is 17.5. The molecule has 2 aromatic carbocycles. The Kier molecular flexibility index (Phi) is 10.2. The number of carbonyl (C=O) groups is 1. The molecule has 1 amide bonds.